The summed E-state index contributed by atoms with van der Waals surface area (Å²) >= 11 is 5.56. The minimum absolute atomic E-state index is 0.404. The van der Waals surface area contributed by atoms with E-state index in [0.29, 0.717) is 6.04 Å². The summed E-state index contributed by atoms with van der Waals surface area (Å²) in [7, 11) is 0. The van der Waals surface area contributed by atoms with Crippen LogP contribution >= 0.6 is 12.2 Å². The van der Waals surface area contributed by atoms with Gasteiger partial charge in [0.2, 0.25) is 0 Å². The number of hydrogen-bond donors (Lipinski definition) is 1. The largest absolute Gasteiger partial charge is 0.332 e. The van der Waals surface area contributed by atoms with Gasteiger partial charge in [-0.3, -0.25) is 0 Å². The van der Waals surface area contributed by atoms with Gasteiger partial charge in [-0.15, -0.1) is 0 Å². The van der Waals surface area contributed by atoms with Crippen molar-refractivity contribution in [1.82, 2.24) is 0 Å². The van der Waals surface area contributed by atoms with E-state index in [9.17, 15) is 0 Å². The van der Waals surface area contributed by atoms with Crippen LogP contribution in [0.4, 0.5) is 11.4 Å². The lowest BCUT2D eigenvalue weighted by Crippen LogP contribution is -2.38. The maximum Gasteiger partial charge on any atom is 0.178 e. The average molecular weight is 268 g/mol. The van der Waals surface area contributed by atoms with Crippen molar-refractivity contribution < 1.29 is 0 Å². The lowest BCUT2D eigenvalue weighted by Gasteiger charge is -2.26. The summed E-state index contributed by atoms with van der Waals surface area (Å²) in [5.74, 6) is 0. The van der Waals surface area contributed by atoms with Gasteiger partial charge in [0.15, 0.2) is 5.11 Å². The first-order valence-electron chi connectivity index (χ1n) is 6.49. The minimum Gasteiger partial charge on any atom is -0.332 e. The van der Waals surface area contributed by atoms with Crippen LogP contribution in [0.1, 0.15) is 12.5 Å². The molecule has 2 nitrogen and oxygen atoms in total. The Bertz CT molecular complexity index is 595. The molecule has 0 spiro atoms. The molecule has 0 saturated carbocycles. The van der Waals surface area contributed by atoms with Gasteiger partial charge in [0.05, 0.1) is 0 Å². The molecule has 0 fully saturated rings. The standard InChI is InChI=1S/C16H16N2S/c1-12-11-13-7-5-6-10-15(13)18(12)16(19)17-14-8-3-2-4-9-14/h2-10,12H,11H2,1H3,(H,17,19)/t12-/m0/s1. The molecule has 96 valence electrons. The van der Waals surface area contributed by atoms with Crippen molar-refractivity contribution in [3.05, 3.63) is 60.2 Å². The fourth-order valence-corrected chi connectivity index (χ4v) is 2.98. The van der Waals surface area contributed by atoms with Crippen LogP contribution in [0.2, 0.25) is 0 Å². The number of nitrogens with zero attached hydrogens (tertiary/aromatic N) is 1. The van der Waals surface area contributed by atoms with E-state index in [1.807, 2.05) is 30.3 Å². The summed E-state index contributed by atoms with van der Waals surface area (Å²) in [6.07, 6.45) is 1.05. The van der Waals surface area contributed by atoms with Crippen LogP contribution in [0, 0.1) is 0 Å². The Labute approximate surface area is 119 Å². The van der Waals surface area contributed by atoms with Gasteiger partial charge in [-0.25, -0.2) is 0 Å². The maximum atomic E-state index is 5.56. The normalized spacial score (nSPS) is 17.1. The third-order valence-corrected chi connectivity index (χ3v) is 3.75. The van der Waals surface area contributed by atoms with Crippen LogP contribution in [0.5, 0.6) is 0 Å². The van der Waals surface area contributed by atoms with Crippen molar-refractivity contribution in [2.75, 3.05) is 10.2 Å². The van der Waals surface area contributed by atoms with Crippen molar-refractivity contribution in [3.63, 3.8) is 0 Å². The monoisotopic (exact) mass is 268 g/mol. The number of para-hydroxylation sites is 2. The highest BCUT2D eigenvalue weighted by atomic mass is 32.1. The highest BCUT2D eigenvalue weighted by Gasteiger charge is 2.28. The zero-order valence-electron chi connectivity index (χ0n) is 10.8. The summed E-state index contributed by atoms with van der Waals surface area (Å²) in [6.45, 7) is 2.21. The molecular formula is C16H16N2S. The summed E-state index contributed by atoms with van der Waals surface area (Å²) in [4.78, 5) is 2.21. The Morgan fingerprint density at radius 3 is 2.58 bits per heavy atom. The van der Waals surface area contributed by atoms with Gasteiger partial charge in [0, 0.05) is 17.4 Å². The lowest BCUT2D eigenvalue weighted by atomic mass is 10.1. The van der Waals surface area contributed by atoms with Crippen LogP contribution in [0.3, 0.4) is 0 Å². The van der Waals surface area contributed by atoms with Crippen LogP contribution in [0.15, 0.2) is 54.6 Å². The zero-order valence-corrected chi connectivity index (χ0v) is 11.7. The van der Waals surface area contributed by atoms with Crippen LogP contribution < -0.4 is 10.2 Å². The summed E-state index contributed by atoms with van der Waals surface area (Å²) < 4.78 is 0. The molecule has 1 aliphatic heterocycles. The number of thiocarbonyl (C=S) groups is 1. The molecule has 1 aliphatic rings. The van der Waals surface area contributed by atoms with Gasteiger partial charge in [-0.05, 0) is 49.3 Å². The first-order valence-corrected chi connectivity index (χ1v) is 6.89. The van der Waals surface area contributed by atoms with Gasteiger partial charge in [0.25, 0.3) is 0 Å². The number of fused-ring (bicyclic) bond motifs is 1. The van der Waals surface area contributed by atoms with Gasteiger partial charge >= 0.3 is 0 Å². The number of anilines is 2. The smallest absolute Gasteiger partial charge is 0.178 e. The van der Waals surface area contributed by atoms with E-state index in [-0.39, 0.29) is 0 Å². The molecule has 3 rings (SSSR count). The van der Waals surface area contributed by atoms with Crippen molar-refractivity contribution in [1.29, 1.82) is 0 Å². The lowest BCUT2D eigenvalue weighted by molar-refractivity contribution is 0.776. The zero-order chi connectivity index (χ0) is 13.2. The Morgan fingerprint density at radius 2 is 1.79 bits per heavy atom. The average Bonchev–Trinajstić information content (AvgIpc) is 2.75. The first kappa shape index (κ1) is 12.2. The molecular weight excluding hydrogens is 252 g/mol. The molecule has 0 aromatic heterocycles. The first-order chi connectivity index (χ1) is 9.25. The van der Waals surface area contributed by atoms with Gasteiger partial charge in [0.1, 0.15) is 0 Å². The van der Waals surface area contributed by atoms with Crippen LogP contribution in [-0.2, 0) is 6.42 Å². The topological polar surface area (TPSA) is 15.3 Å². The van der Waals surface area contributed by atoms with Crippen molar-refractivity contribution >= 4 is 28.7 Å². The van der Waals surface area contributed by atoms with Crippen molar-refractivity contribution in [3.8, 4) is 0 Å². The van der Waals surface area contributed by atoms with Gasteiger partial charge < -0.3 is 10.2 Å². The predicted octanol–water partition coefficient (Wildman–Crippen LogP) is 3.83. The third-order valence-electron chi connectivity index (χ3n) is 3.45. The molecule has 0 amide bonds. The third kappa shape index (κ3) is 2.34. The fraction of sp³-hybridized carbons (Fsp3) is 0.188. The Balaban J connectivity index is 1.84. The molecule has 1 atom stereocenters. The molecule has 0 radical (unpaired) electrons. The van der Waals surface area contributed by atoms with E-state index < -0.39 is 0 Å². The Morgan fingerprint density at radius 1 is 1.11 bits per heavy atom. The number of rotatable bonds is 1. The van der Waals surface area contributed by atoms with Gasteiger partial charge in [-0.2, -0.15) is 0 Å². The number of benzene rings is 2. The highest BCUT2D eigenvalue weighted by Crippen LogP contribution is 2.32. The molecule has 2 aromatic carbocycles. The molecule has 0 saturated heterocycles. The van der Waals surface area contributed by atoms with E-state index >= 15 is 0 Å². The van der Waals surface area contributed by atoms with E-state index in [0.717, 1.165) is 17.2 Å². The molecule has 2 aromatic rings. The summed E-state index contributed by atoms with van der Waals surface area (Å²) in [5, 5.41) is 4.08. The molecule has 0 aliphatic carbocycles. The second kappa shape index (κ2) is 5.02. The molecule has 3 heteroatoms. The molecule has 19 heavy (non-hydrogen) atoms. The molecule has 0 bridgehead atoms. The van der Waals surface area contributed by atoms with Crippen LogP contribution in [0.25, 0.3) is 0 Å². The van der Waals surface area contributed by atoms with Gasteiger partial charge in [-0.1, -0.05) is 36.4 Å². The fourth-order valence-electron chi connectivity index (χ4n) is 2.58. The molecule has 1 N–H and O–H groups in total. The number of nitrogens with one attached hydrogen (secondary N) is 1. The quantitative estimate of drug-likeness (QED) is 0.791. The Kier molecular flexibility index (Phi) is 3.22. The van der Waals surface area contributed by atoms with E-state index in [4.69, 9.17) is 12.2 Å². The van der Waals surface area contributed by atoms with Crippen molar-refractivity contribution in [2.24, 2.45) is 0 Å². The van der Waals surface area contributed by atoms with E-state index in [1.54, 1.807) is 0 Å². The highest BCUT2D eigenvalue weighted by molar-refractivity contribution is 7.80. The summed E-state index contributed by atoms with van der Waals surface area (Å²) in [6, 6.07) is 18.9. The van der Waals surface area contributed by atoms with E-state index in [2.05, 4.69) is 41.4 Å². The summed E-state index contributed by atoms with van der Waals surface area (Å²) in [5.41, 5.74) is 3.62. The van der Waals surface area contributed by atoms with Crippen LogP contribution in [-0.4, -0.2) is 11.2 Å². The Hall–Kier alpha value is -1.87. The predicted molar refractivity (Wildman–Crippen MR) is 84.7 cm³/mol. The number of hydrogen-bond acceptors (Lipinski definition) is 1. The maximum absolute atomic E-state index is 5.56. The second-order valence-corrected chi connectivity index (χ2v) is 5.23. The molecule has 1 heterocycles. The van der Waals surface area contributed by atoms with Crippen molar-refractivity contribution in [2.45, 2.75) is 19.4 Å². The van der Waals surface area contributed by atoms with E-state index in [1.165, 1.54) is 11.3 Å². The second-order valence-electron chi connectivity index (χ2n) is 4.85. The SMILES string of the molecule is C[C@H]1Cc2ccccc2N1C(=S)Nc1ccccc1. The minimum atomic E-state index is 0.404. The molecule has 0 unspecified atom stereocenters.